The minimum Gasteiger partial charge on any atom is -0.358 e. The Labute approximate surface area is 105 Å². The first kappa shape index (κ1) is 15.7. The van der Waals surface area contributed by atoms with Gasteiger partial charge in [-0.2, -0.15) is 0 Å². The fourth-order valence-electron chi connectivity index (χ4n) is 1.10. The van der Waals surface area contributed by atoms with E-state index in [1.165, 1.54) is 0 Å². The highest BCUT2D eigenvalue weighted by molar-refractivity contribution is 7.71. The molecule has 1 rings (SSSR count). The van der Waals surface area contributed by atoms with Gasteiger partial charge in [0.05, 0.1) is 0 Å². The Morgan fingerprint density at radius 3 is 2.16 bits per heavy atom. The maximum atomic E-state index is 11.0. The summed E-state index contributed by atoms with van der Waals surface area (Å²) >= 11 is 0. The molecule has 0 aromatic carbocycles. The van der Waals surface area contributed by atoms with Gasteiger partial charge in [-0.25, -0.2) is 0 Å². The molecule has 0 radical (unpaired) electrons. The number of rotatable bonds is 5. The summed E-state index contributed by atoms with van der Waals surface area (Å²) in [4.78, 5) is 48.3. The summed E-state index contributed by atoms with van der Waals surface area (Å²) in [6, 6.07) is 3.23. The van der Waals surface area contributed by atoms with Crippen LogP contribution in [0.5, 0.6) is 0 Å². The van der Waals surface area contributed by atoms with Crippen LogP contribution in [0.25, 0.3) is 0 Å². The Kier molecular flexibility index (Phi) is 4.41. The average Bonchev–Trinajstić information content (AvgIpc) is 2.23. The van der Waals surface area contributed by atoms with Crippen molar-refractivity contribution < 1.29 is 33.6 Å². The molecule has 1 aromatic rings. The van der Waals surface area contributed by atoms with Gasteiger partial charge in [0.15, 0.2) is 0 Å². The number of nitrogens with zero attached hydrogens (tertiary/aromatic N) is 2. The van der Waals surface area contributed by atoms with Gasteiger partial charge < -0.3 is 35.0 Å². The van der Waals surface area contributed by atoms with Crippen LogP contribution in [0, 0.1) is 10.1 Å². The largest absolute Gasteiger partial charge is 0.365 e. The van der Waals surface area contributed by atoms with Gasteiger partial charge in [0.1, 0.15) is 0 Å². The molecule has 0 amide bonds. The summed E-state index contributed by atoms with van der Waals surface area (Å²) in [6.45, 7) is 0. The van der Waals surface area contributed by atoms with Crippen molar-refractivity contribution in [3.63, 3.8) is 0 Å². The number of anilines is 1. The summed E-state index contributed by atoms with van der Waals surface area (Å²) in [6.07, 6.45) is 0. The fourth-order valence-corrected chi connectivity index (χ4v) is 3.27. The molecule has 0 unspecified atom stereocenters. The van der Waals surface area contributed by atoms with Gasteiger partial charge >= 0.3 is 21.0 Å². The average molecular weight is 313 g/mol. The lowest BCUT2D eigenvalue weighted by Crippen LogP contribution is -2.20. The first-order valence-electron chi connectivity index (χ1n) is 4.50. The quantitative estimate of drug-likeness (QED) is 0.282. The van der Waals surface area contributed by atoms with Crippen molar-refractivity contribution in [1.29, 1.82) is 0 Å². The summed E-state index contributed by atoms with van der Waals surface area (Å²) < 4.78 is 22.0. The lowest BCUT2D eigenvalue weighted by molar-refractivity contribution is -0.389. The predicted octanol–water partition coefficient (Wildman–Crippen LogP) is 0.0407. The molecular weight excluding hydrogens is 304 g/mol. The molecule has 1 aromatic heterocycles. The molecule has 0 aliphatic carbocycles. The molecule has 0 saturated carbocycles. The topological polar surface area (TPSA) is 183 Å². The predicted molar refractivity (Wildman–Crippen MR) is 62.4 cm³/mol. The van der Waals surface area contributed by atoms with E-state index in [0.29, 0.717) is 0 Å². The zero-order valence-corrected chi connectivity index (χ0v) is 10.8. The van der Waals surface area contributed by atoms with Gasteiger partial charge in [0, 0.05) is 12.1 Å². The number of hydrogen-bond acceptors (Lipinski definition) is 6. The highest BCUT2D eigenvalue weighted by Crippen LogP contribution is 2.59. The van der Waals surface area contributed by atoms with E-state index >= 15 is 0 Å². The number of nitrogens with one attached hydrogen (secondary N) is 1. The lowest BCUT2D eigenvalue weighted by atomic mass is 10.4. The number of nitro groups is 1. The van der Waals surface area contributed by atoms with E-state index in [0.717, 1.165) is 18.2 Å². The minimum atomic E-state index is -5.19. The maximum absolute atomic E-state index is 11.0. The molecule has 0 spiro atoms. The Morgan fingerprint density at radius 2 is 1.74 bits per heavy atom. The van der Waals surface area contributed by atoms with Crippen molar-refractivity contribution in [3.05, 3.63) is 28.3 Å². The van der Waals surface area contributed by atoms with Crippen LogP contribution in [0.4, 0.5) is 11.6 Å². The van der Waals surface area contributed by atoms with Crippen LogP contribution in [-0.4, -0.2) is 35.0 Å². The molecule has 0 fully saturated rings. The van der Waals surface area contributed by atoms with E-state index in [2.05, 4.69) is 4.98 Å². The standard InChI is InChI=1S/C6H9N3O8P2/c10-9(11)5-3-1-2-4(7-5)8-6(18(12,13)14)19(15,16)17/h1-3,6H,(H,7,8)(H2,12,13,14)(H2,15,16,17). The summed E-state index contributed by atoms with van der Waals surface area (Å²) in [5.41, 5.74) is -2.52. The van der Waals surface area contributed by atoms with Crippen LogP contribution in [0.1, 0.15) is 0 Å². The van der Waals surface area contributed by atoms with Crippen LogP contribution in [0.3, 0.4) is 0 Å². The molecule has 13 heteroatoms. The van der Waals surface area contributed by atoms with E-state index < -0.39 is 37.3 Å². The highest BCUT2D eigenvalue weighted by Gasteiger charge is 2.44. The fraction of sp³-hybridized carbons (Fsp3) is 0.167. The Balaban J connectivity index is 3.11. The molecule has 19 heavy (non-hydrogen) atoms. The van der Waals surface area contributed by atoms with Crippen molar-refractivity contribution in [2.45, 2.75) is 5.52 Å². The monoisotopic (exact) mass is 313 g/mol. The van der Waals surface area contributed by atoms with Crippen LogP contribution in [-0.2, 0) is 9.13 Å². The van der Waals surface area contributed by atoms with Crippen LogP contribution < -0.4 is 5.32 Å². The van der Waals surface area contributed by atoms with Crippen molar-refractivity contribution in [2.75, 3.05) is 5.32 Å². The summed E-state index contributed by atoms with van der Waals surface area (Å²) in [7, 11) is -10.4. The van der Waals surface area contributed by atoms with Gasteiger partial charge in [0.25, 0.3) is 0 Å². The minimum absolute atomic E-state index is 0.439. The van der Waals surface area contributed by atoms with Gasteiger partial charge in [0.2, 0.25) is 11.3 Å². The van der Waals surface area contributed by atoms with E-state index in [-0.39, 0.29) is 0 Å². The molecule has 0 atom stereocenters. The maximum Gasteiger partial charge on any atom is 0.365 e. The van der Waals surface area contributed by atoms with Gasteiger partial charge in [-0.1, -0.05) is 0 Å². The van der Waals surface area contributed by atoms with Gasteiger partial charge in [-0.3, -0.25) is 9.13 Å². The van der Waals surface area contributed by atoms with Crippen LogP contribution >= 0.6 is 15.2 Å². The van der Waals surface area contributed by atoms with E-state index in [1.807, 2.05) is 5.32 Å². The Morgan fingerprint density at radius 1 is 1.21 bits per heavy atom. The first-order valence-corrected chi connectivity index (χ1v) is 7.86. The SMILES string of the molecule is O=[N+]([O-])c1cccc(NC(P(=O)(O)O)P(=O)(O)O)n1. The number of pyridine rings is 1. The highest BCUT2D eigenvalue weighted by atomic mass is 31.2. The number of aromatic nitrogens is 1. The summed E-state index contributed by atoms with van der Waals surface area (Å²) in [5.74, 6) is -1.08. The summed E-state index contributed by atoms with van der Waals surface area (Å²) in [5, 5.41) is 12.3. The van der Waals surface area contributed by atoms with Crippen molar-refractivity contribution in [1.82, 2.24) is 4.98 Å². The third-order valence-electron chi connectivity index (χ3n) is 1.84. The molecular formula is C6H9N3O8P2. The van der Waals surface area contributed by atoms with E-state index in [4.69, 9.17) is 19.6 Å². The second kappa shape index (κ2) is 5.33. The third-order valence-corrected chi connectivity index (χ3v) is 5.17. The lowest BCUT2D eigenvalue weighted by Gasteiger charge is -2.19. The Hall–Kier alpha value is -1.35. The molecule has 11 nitrogen and oxygen atoms in total. The van der Waals surface area contributed by atoms with Crippen LogP contribution in [0.15, 0.2) is 18.2 Å². The Bertz CT molecular complexity index is 558. The second-order valence-electron chi connectivity index (χ2n) is 3.33. The molecule has 106 valence electrons. The normalized spacial score (nSPS) is 12.5. The third kappa shape index (κ3) is 4.35. The van der Waals surface area contributed by atoms with E-state index in [9.17, 15) is 19.2 Å². The molecule has 1 heterocycles. The number of hydrogen-bond donors (Lipinski definition) is 5. The van der Waals surface area contributed by atoms with Crippen molar-refractivity contribution in [2.24, 2.45) is 0 Å². The zero-order valence-electron chi connectivity index (χ0n) is 9.02. The van der Waals surface area contributed by atoms with E-state index in [1.54, 1.807) is 0 Å². The smallest absolute Gasteiger partial charge is 0.358 e. The molecule has 0 saturated heterocycles. The van der Waals surface area contributed by atoms with Gasteiger partial charge in [-0.15, -0.1) is 0 Å². The second-order valence-corrected chi connectivity index (χ2v) is 7.13. The zero-order chi connectivity index (χ0) is 14.8. The molecule has 0 bridgehead atoms. The first-order chi connectivity index (χ1) is 8.51. The molecule has 5 N–H and O–H groups in total. The van der Waals surface area contributed by atoms with Crippen molar-refractivity contribution in [3.8, 4) is 0 Å². The molecule has 0 aliphatic rings. The van der Waals surface area contributed by atoms with Crippen molar-refractivity contribution >= 4 is 26.8 Å². The van der Waals surface area contributed by atoms with Crippen LogP contribution in [0.2, 0.25) is 0 Å². The molecule has 0 aliphatic heterocycles. The van der Waals surface area contributed by atoms with Gasteiger partial charge in [-0.05, 0) is 16.0 Å².